The van der Waals surface area contributed by atoms with Gasteiger partial charge in [-0.15, -0.1) is 0 Å². The van der Waals surface area contributed by atoms with Gasteiger partial charge in [-0.25, -0.2) is 8.42 Å². The van der Waals surface area contributed by atoms with E-state index in [4.69, 9.17) is 0 Å². The molecule has 0 bridgehead atoms. The van der Waals surface area contributed by atoms with Gasteiger partial charge in [0.05, 0.1) is 6.26 Å². The van der Waals surface area contributed by atoms with Crippen LogP contribution >= 0.6 is 0 Å². The summed E-state index contributed by atoms with van der Waals surface area (Å²) in [4.78, 5) is 2.40. The summed E-state index contributed by atoms with van der Waals surface area (Å²) in [5.74, 6) is 0. The minimum absolute atomic E-state index is 0.337. The zero-order valence-corrected chi connectivity index (χ0v) is 13.1. The van der Waals surface area contributed by atoms with Crippen LogP contribution in [0.2, 0.25) is 0 Å². The van der Waals surface area contributed by atoms with E-state index in [1.165, 1.54) is 25.5 Å². The Bertz CT molecular complexity index is 344. The van der Waals surface area contributed by atoms with Crippen molar-refractivity contribution in [2.75, 3.05) is 39.0 Å². The summed E-state index contributed by atoms with van der Waals surface area (Å²) in [5, 5.41) is 0. The number of rotatable bonds is 6. The van der Waals surface area contributed by atoms with Crippen LogP contribution < -0.4 is 0 Å². The highest BCUT2D eigenvalue weighted by Crippen LogP contribution is 2.25. The lowest BCUT2D eigenvalue weighted by molar-refractivity contribution is 0.126. The van der Waals surface area contributed by atoms with Crippen molar-refractivity contribution in [3.05, 3.63) is 0 Å². The third kappa shape index (κ3) is 5.24. The second-order valence-corrected chi connectivity index (χ2v) is 8.19. The molecule has 1 fully saturated rings. The molecule has 5 heteroatoms. The fourth-order valence-electron chi connectivity index (χ4n) is 2.56. The predicted molar refractivity (Wildman–Crippen MR) is 76.2 cm³/mol. The fraction of sp³-hybridized carbons (Fsp3) is 1.00. The molecule has 1 saturated heterocycles. The quantitative estimate of drug-likeness (QED) is 0.742. The molecule has 0 unspecified atom stereocenters. The molecule has 1 aliphatic heterocycles. The second-order valence-electron chi connectivity index (χ2n) is 6.21. The first-order valence-corrected chi connectivity index (χ1v) is 8.77. The maximum atomic E-state index is 11.4. The molecule has 0 N–H and O–H groups in total. The van der Waals surface area contributed by atoms with Gasteiger partial charge >= 0.3 is 0 Å². The molecule has 0 aliphatic carbocycles. The standard InChI is InChI=1S/C13H28N2O2S/c1-5-6-7-13(2,3)12-14-8-10-15(11-9-14)18(4,16)17/h5-12H2,1-4H3. The summed E-state index contributed by atoms with van der Waals surface area (Å²) in [6.07, 6.45) is 5.06. The van der Waals surface area contributed by atoms with Gasteiger partial charge in [0.2, 0.25) is 10.0 Å². The molecule has 18 heavy (non-hydrogen) atoms. The molecule has 0 spiro atoms. The zero-order chi connectivity index (χ0) is 13.8. The van der Waals surface area contributed by atoms with Crippen LogP contribution in [0.3, 0.4) is 0 Å². The Balaban J connectivity index is 2.39. The molecule has 0 saturated carbocycles. The van der Waals surface area contributed by atoms with Crippen LogP contribution in [0.1, 0.15) is 40.0 Å². The first-order valence-electron chi connectivity index (χ1n) is 6.92. The van der Waals surface area contributed by atoms with Gasteiger partial charge in [0.15, 0.2) is 0 Å². The average Bonchev–Trinajstić information content (AvgIpc) is 2.25. The number of unbranched alkanes of at least 4 members (excludes halogenated alkanes) is 1. The predicted octanol–water partition coefficient (Wildman–Crippen LogP) is 1.78. The van der Waals surface area contributed by atoms with E-state index in [9.17, 15) is 8.42 Å². The Morgan fingerprint density at radius 1 is 1.11 bits per heavy atom. The summed E-state index contributed by atoms with van der Waals surface area (Å²) in [5.41, 5.74) is 0.337. The molecule has 0 amide bonds. The van der Waals surface area contributed by atoms with Crippen molar-refractivity contribution in [1.82, 2.24) is 9.21 Å². The van der Waals surface area contributed by atoms with Crippen LogP contribution in [0.15, 0.2) is 0 Å². The monoisotopic (exact) mass is 276 g/mol. The first kappa shape index (κ1) is 15.9. The summed E-state index contributed by atoms with van der Waals surface area (Å²) in [6.45, 7) is 10.9. The maximum Gasteiger partial charge on any atom is 0.211 e. The number of hydrogen-bond acceptors (Lipinski definition) is 3. The first-order chi connectivity index (χ1) is 8.24. The van der Waals surface area contributed by atoms with Gasteiger partial charge in [-0.2, -0.15) is 4.31 Å². The SMILES string of the molecule is CCCCC(C)(C)CN1CCN(S(C)(=O)=O)CC1. The van der Waals surface area contributed by atoms with Crippen molar-refractivity contribution in [1.29, 1.82) is 0 Å². The molecule has 0 aromatic carbocycles. The normalized spacial score (nSPS) is 20.2. The Kier molecular flexibility index (Phi) is 5.62. The molecule has 1 heterocycles. The molecule has 1 aliphatic rings. The van der Waals surface area contributed by atoms with E-state index in [0.29, 0.717) is 18.5 Å². The minimum atomic E-state index is -3.00. The molecule has 0 aromatic rings. The molecule has 0 radical (unpaired) electrons. The maximum absolute atomic E-state index is 11.4. The van der Waals surface area contributed by atoms with E-state index in [0.717, 1.165) is 19.6 Å². The largest absolute Gasteiger partial charge is 0.300 e. The van der Waals surface area contributed by atoms with Crippen molar-refractivity contribution < 1.29 is 8.42 Å². The Hall–Kier alpha value is -0.130. The Morgan fingerprint density at radius 3 is 2.11 bits per heavy atom. The summed E-state index contributed by atoms with van der Waals surface area (Å²) in [6, 6.07) is 0. The van der Waals surface area contributed by atoms with E-state index in [1.54, 1.807) is 4.31 Å². The molecule has 4 nitrogen and oxygen atoms in total. The average molecular weight is 276 g/mol. The highest BCUT2D eigenvalue weighted by Gasteiger charge is 2.27. The zero-order valence-electron chi connectivity index (χ0n) is 12.3. The number of nitrogens with zero attached hydrogens (tertiary/aromatic N) is 2. The lowest BCUT2D eigenvalue weighted by Crippen LogP contribution is -2.50. The highest BCUT2D eigenvalue weighted by atomic mass is 32.2. The highest BCUT2D eigenvalue weighted by molar-refractivity contribution is 7.88. The fourth-order valence-corrected chi connectivity index (χ4v) is 3.39. The van der Waals surface area contributed by atoms with Crippen molar-refractivity contribution in [3.8, 4) is 0 Å². The van der Waals surface area contributed by atoms with Gasteiger partial charge in [0.1, 0.15) is 0 Å². The van der Waals surface area contributed by atoms with E-state index in [-0.39, 0.29) is 0 Å². The van der Waals surface area contributed by atoms with Crippen LogP contribution in [0.5, 0.6) is 0 Å². The smallest absolute Gasteiger partial charge is 0.211 e. The van der Waals surface area contributed by atoms with Crippen molar-refractivity contribution in [2.45, 2.75) is 40.0 Å². The molecule has 0 aromatic heterocycles. The van der Waals surface area contributed by atoms with Crippen molar-refractivity contribution in [2.24, 2.45) is 5.41 Å². The van der Waals surface area contributed by atoms with Crippen LogP contribution in [-0.2, 0) is 10.0 Å². The lowest BCUT2D eigenvalue weighted by atomic mass is 9.86. The van der Waals surface area contributed by atoms with E-state index in [2.05, 4.69) is 25.7 Å². The van der Waals surface area contributed by atoms with Crippen molar-refractivity contribution in [3.63, 3.8) is 0 Å². The summed E-state index contributed by atoms with van der Waals surface area (Å²) >= 11 is 0. The Labute approximate surface area is 112 Å². The Morgan fingerprint density at radius 2 is 1.67 bits per heavy atom. The van der Waals surface area contributed by atoms with Gasteiger partial charge < -0.3 is 4.90 Å². The summed E-state index contributed by atoms with van der Waals surface area (Å²) < 4.78 is 24.4. The van der Waals surface area contributed by atoms with Crippen LogP contribution in [0.25, 0.3) is 0 Å². The lowest BCUT2D eigenvalue weighted by Gasteiger charge is -2.38. The number of piperazine rings is 1. The molecule has 0 atom stereocenters. The third-order valence-electron chi connectivity index (χ3n) is 3.66. The van der Waals surface area contributed by atoms with Crippen LogP contribution in [0.4, 0.5) is 0 Å². The number of sulfonamides is 1. The van der Waals surface area contributed by atoms with Gasteiger partial charge in [-0.05, 0) is 11.8 Å². The van der Waals surface area contributed by atoms with Crippen LogP contribution in [0, 0.1) is 5.41 Å². The van der Waals surface area contributed by atoms with Crippen LogP contribution in [-0.4, -0.2) is 56.6 Å². The van der Waals surface area contributed by atoms with Gasteiger partial charge in [-0.1, -0.05) is 33.6 Å². The molecule has 1 rings (SSSR count). The van der Waals surface area contributed by atoms with Gasteiger partial charge in [0.25, 0.3) is 0 Å². The van der Waals surface area contributed by atoms with Gasteiger partial charge in [0, 0.05) is 32.7 Å². The topological polar surface area (TPSA) is 40.6 Å². The van der Waals surface area contributed by atoms with E-state index >= 15 is 0 Å². The third-order valence-corrected chi connectivity index (χ3v) is 4.96. The molecular formula is C13H28N2O2S. The van der Waals surface area contributed by atoms with Crippen molar-refractivity contribution >= 4 is 10.0 Å². The van der Waals surface area contributed by atoms with E-state index < -0.39 is 10.0 Å². The van der Waals surface area contributed by atoms with Gasteiger partial charge in [-0.3, -0.25) is 0 Å². The molecule has 108 valence electrons. The minimum Gasteiger partial charge on any atom is -0.300 e. The van der Waals surface area contributed by atoms with E-state index in [1.807, 2.05) is 0 Å². The number of hydrogen-bond donors (Lipinski definition) is 0. The molecular weight excluding hydrogens is 248 g/mol. The second kappa shape index (κ2) is 6.35. The summed E-state index contributed by atoms with van der Waals surface area (Å²) in [7, 11) is -3.00.